The van der Waals surface area contributed by atoms with Gasteiger partial charge in [-0.2, -0.15) is 4.98 Å². The summed E-state index contributed by atoms with van der Waals surface area (Å²) < 4.78 is 34.5. The fraction of sp³-hybridized carbons (Fsp3) is 0.433. The zero-order valence-electron chi connectivity index (χ0n) is 24.2. The van der Waals surface area contributed by atoms with Gasteiger partial charge in [0.1, 0.15) is 22.4 Å². The summed E-state index contributed by atoms with van der Waals surface area (Å²) in [5.41, 5.74) is 2.56. The first-order chi connectivity index (χ1) is 20.8. The lowest BCUT2D eigenvalue weighted by atomic mass is 9.98. The van der Waals surface area contributed by atoms with Crippen LogP contribution in [0.1, 0.15) is 34.3 Å². The normalized spacial score (nSPS) is 17.6. The lowest BCUT2D eigenvalue weighted by Crippen LogP contribution is -2.51. The third-order valence-corrected chi connectivity index (χ3v) is 8.36. The van der Waals surface area contributed by atoms with Gasteiger partial charge < -0.3 is 25.8 Å². The average molecular weight is 616 g/mol. The molecule has 2 aliphatic rings. The molecule has 0 bridgehead atoms. The Morgan fingerprint density at radius 2 is 1.98 bits per heavy atom. The minimum atomic E-state index is -0.972. The van der Waals surface area contributed by atoms with Crippen LogP contribution in [0.4, 0.5) is 31.9 Å². The van der Waals surface area contributed by atoms with Crippen molar-refractivity contribution in [2.75, 3.05) is 64.1 Å². The molecule has 5 rings (SSSR count). The van der Waals surface area contributed by atoms with E-state index in [9.17, 15) is 18.7 Å². The minimum Gasteiger partial charge on any atom is -0.494 e. The number of aliphatic hydroxyl groups is 1. The summed E-state index contributed by atoms with van der Waals surface area (Å²) in [6.45, 7) is 4.84. The van der Waals surface area contributed by atoms with Crippen molar-refractivity contribution in [3.05, 3.63) is 63.8 Å². The fourth-order valence-corrected chi connectivity index (χ4v) is 6.05. The van der Waals surface area contributed by atoms with E-state index in [-0.39, 0.29) is 34.6 Å². The standard InChI is InChI=1S/C30H36ClF2N7O3/c1-34-29(42)22-15-19(32)16-24(33)26(22)37-28-23(31)17-35-30(38-28)36-25-7-6-18-14-20(4-3-5-21(18)27(25)43-2)40-10-8-39(9-11-40)12-13-41/h6-7,15-17,20,41H,3-5,8-14H2,1-2H3,(H,34,42)(H2,35,36,37,38). The lowest BCUT2D eigenvalue weighted by Gasteiger charge is -2.39. The number of hydrogen-bond donors (Lipinski definition) is 4. The Morgan fingerprint density at radius 1 is 1.19 bits per heavy atom. The van der Waals surface area contributed by atoms with Gasteiger partial charge in [-0.25, -0.2) is 13.8 Å². The molecule has 1 fully saturated rings. The maximum absolute atomic E-state index is 14.7. The summed E-state index contributed by atoms with van der Waals surface area (Å²) in [4.78, 5) is 25.9. The van der Waals surface area contributed by atoms with Gasteiger partial charge in [-0.3, -0.25) is 14.6 Å². The number of aromatic nitrogens is 2. The molecule has 13 heteroatoms. The number of hydrogen-bond acceptors (Lipinski definition) is 9. The quantitative estimate of drug-likeness (QED) is 0.264. The van der Waals surface area contributed by atoms with Crippen LogP contribution in [0.3, 0.4) is 0 Å². The van der Waals surface area contributed by atoms with E-state index in [0.717, 1.165) is 70.0 Å². The minimum absolute atomic E-state index is 0.0329. The first-order valence-corrected chi connectivity index (χ1v) is 14.7. The predicted molar refractivity (Wildman–Crippen MR) is 162 cm³/mol. The smallest absolute Gasteiger partial charge is 0.253 e. The Bertz CT molecular complexity index is 1470. The molecule has 0 radical (unpaired) electrons. The van der Waals surface area contributed by atoms with Gasteiger partial charge in [0.25, 0.3) is 5.91 Å². The topological polar surface area (TPSA) is 115 Å². The third kappa shape index (κ3) is 6.98. The highest BCUT2D eigenvalue weighted by atomic mass is 35.5. The van der Waals surface area contributed by atoms with Gasteiger partial charge in [0, 0.05) is 51.9 Å². The summed E-state index contributed by atoms with van der Waals surface area (Å²) in [6.07, 6.45) is 5.26. The molecule has 2 aromatic carbocycles. The number of amides is 1. The number of nitrogens with zero attached hydrogens (tertiary/aromatic N) is 4. The summed E-state index contributed by atoms with van der Waals surface area (Å²) in [7, 11) is 3.00. The van der Waals surface area contributed by atoms with Crippen LogP contribution in [-0.2, 0) is 12.8 Å². The molecule has 1 atom stereocenters. The molecule has 0 saturated carbocycles. The van der Waals surface area contributed by atoms with Crippen LogP contribution in [0.5, 0.6) is 5.75 Å². The third-order valence-electron chi connectivity index (χ3n) is 8.08. The Morgan fingerprint density at radius 3 is 2.70 bits per heavy atom. The van der Waals surface area contributed by atoms with E-state index in [4.69, 9.17) is 16.3 Å². The number of methoxy groups -OCH3 is 1. The van der Waals surface area contributed by atoms with Crippen LogP contribution in [0.15, 0.2) is 30.5 Å². The number of fused-ring (bicyclic) bond motifs is 1. The summed E-state index contributed by atoms with van der Waals surface area (Å²) in [5.74, 6) is -1.62. The Labute approximate surface area is 254 Å². The summed E-state index contributed by atoms with van der Waals surface area (Å²) >= 11 is 6.32. The zero-order valence-corrected chi connectivity index (χ0v) is 25.0. The molecule has 1 aromatic heterocycles. The molecule has 1 saturated heterocycles. The Hall–Kier alpha value is -3.58. The van der Waals surface area contributed by atoms with Gasteiger partial charge >= 0.3 is 0 Å². The fourth-order valence-electron chi connectivity index (χ4n) is 5.91. The van der Waals surface area contributed by atoms with Crippen LogP contribution in [-0.4, -0.2) is 90.3 Å². The second-order valence-electron chi connectivity index (χ2n) is 10.7. The van der Waals surface area contributed by atoms with Crippen molar-refractivity contribution in [1.82, 2.24) is 25.1 Å². The average Bonchev–Trinajstić information content (AvgIpc) is 3.22. The first kappa shape index (κ1) is 30.9. The van der Waals surface area contributed by atoms with E-state index in [0.29, 0.717) is 23.5 Å². The molecule has 2 heterocycles. The van der Waals surface area contributed by atoms with E-state index in [1.165, 1.54) is 18.8 Å². The van der Waals surface area contributed by atoms with E-state index < -0.39 is 17.5 Å². The highest BCUT2D eigenvalue weighted by Gasteiger charge is 2.28. The van der Waals surface area contributed by atoms with Crippen LogP contribution >= 0.6 is 11.6 Å². The van der Waals surface area contributed by atoms with Crippen molar-refractivity contribution in [3.63, 3.8) is 0 Å². The molecule has 4 N–H and O–H groups in total. The van der Waals surface area contributed by atoms with Gasteiger partial charge in [-0.15, -0.1) is 0 Å². The molecule has 3 aromatic rings. The summed E-state index contributed by atoms with van der Waals surface area (Å²) in [5, 5.41) is 17.6. The van der Waals surface area contributed by atoms with Crippen molar-refractivity contribution in [2.24, 2.45) is 0 Å². The first-order valence-electron chi connectivity index (χ1n) is 14.3. The molecule has 43 heavy (non-hydrogen) atoms. The molecule has 1 amide bonds. The Kier molecular flexibility index (Phi) is 9.91. The summed E-state index contributed by atoms with van der Waals surface area (Å²) in [6, 6.07) is 6.10. The number of β-amino-alcohol motifs (C(OH)–C–C–N with tert-alkyl or cyclic N) is 1. The second kappa shape index (κ2) is 13.8. The van der Waals surface area contributed by atoms with E-state index in [1.54, 1.807) is 7.11 Å². The molecule has 1 aliphatic heterocycles. The number of anilines is 4. The highest BCUT2D eigenvalue weighted by molar-refractivity contribution is 6.33. The maximum atomic E-state index is 14.7. The van der Waals surface area contributed by atoms with E-state index >= 15 is 0 Å². The zero-order chi connectivity index (χ0) is 30.5. The van der Waals surface area contributed by atoms with Gasteiger partial charge in [-0.05, 0) is 48.9 Å². The molecule has 1 unspecified atom stereocenters. The van der Waals surface area contributed by atoms with Crippen molar-refractivity contribution < 1.29 is 23.4 Å². The largest absolute Gasteiger partial charge is 0.494 e. The van der Waals surface area contributed by atoms with Crippen LogP contribution in [0.25, 0.3) is 0 Å². The number of rotatable bonds is 9. The van der Waals surface area contributed by atoms with Crippen molar-refractivity contribution >= 4 is 40.6 Å². The Balaban J connectivity index is 1.36. The van der Waals surface area contributed by atoms with Gasteiger partial charge in [-0.1, -0.05) is 17.7 Å². The number of halogens is 3. The van der Waals surface area contributed by atoms with Gasteiger partial charge in [0.2, 0.25) is 5.95 Å². The second-order valence-corrected chi connectivity index (χ2v) is 11.1. The monoisotopic (exact) mass is 615 g/mol. The van der Waals surface area contributed by atoms with Crippen molar-refractivity contribution in [3.8, 4) is 5.75 Å². The molecule has 1 aliphatic carbocycles. The molecular weight excluding hydrogens is 580 g/mol. The molecular formula is C30H36ClF2N7O3. The number of aliphatic hydroxyl groups excluding tert-OH is 1. The number of nitrogens with one attached hydrogen (secondary N) is 3. The molecule has 230 valence electrons. The molecule has 10 nitrogen and oxygen atoms in total. The van der Waals surface area contributed by atoms with E-state index in [2.05, 4.69) is 41.8 Å². The number of ether oxygens (including phenoxy) is 1. The number of carbonyl (C=O) groups is 1. The van der Waals surface area contributed by atoms with Gasteiger partial charge in [0.05, 0.1) is 36.9 Å². The SMILES string of the molecule is CNC(=O)c1cc(F)cc(F)c1Nc1nc(Nc2ccc3c(c2OC)CCCC(N2CCN(CCO)CC2)C3)ncc1Cl. The van der Waals surface area contributed by atoms with Crippen LogP contribution < -0.4 is 20.7 Å². The number of piperazine rings is 1. The lowest BCUT2D eigenvalue weighted by molar-refractivity contribution is 0.0805. The number of carbonyl (C=O) groups excluding carboxylic acids is 1. The maximum Gasteiger partial charge on any atom is 0.253 e. The number of benzene rings is 2. The van der Waals surface area contributed by atoms with Crippen LogP contribution in [0, 0.1) is 11.6 Å². The van der Waals surface area contributed by atoms with Crippen molar-refractivity contribution in [2.45, 2.75) is 31.7 Å². The van der Waals surface area contributed by atoms with Crippen LogP contribution in [0.2, 0.25) is 5.02 Å². The van der Waals surface area contributed by atoms with Gasteiger partial charge in [0.15, 0.2) is 5.82 Å². The highest BCUT2D eigenvalue weighted by Crippen LogP contribution is 2.38. The predicted octanol–water partition coefficient (Wildman–Crippen LogP) is 4.12. The van der Waals surface area contributed by atoms with Crippen molar-refractivity contribution in [1.29, 1.82) is 0 Å². The molecule has 0 spiro atoms. The van der Waals surface area contributed by atoms with E-state index in [1.807, 2.05) is 6.07 Å².